The van der Waals surface area contributed by atoms with Gasteiger partial charge in [0.15, 0.2) is 6.10 Å². The number of ether oxygens (including phenoxy) is 2. The normalized spacial score (nSPS) is 55.4. The molecule has 0 aromatic heterocycles. The Bertz CT molecular complexity index is 1000. The van der Waals surface area contributed by atoms with E-state index in [9.17, 15) is 20.1 Å². The third-order valence-corrected chi connectivity index (χ3v) is 14.1. The lowest BCUT2D eigenvalue weighted by Crippen LogP contribution is -2.59. The molecular weight excluding hydrogens is 480 g/mol. The Labute approximate surface area is 229 Å². The monoisotopic (exact) mass is 532 g/mol. The predicted octanol–water partition coefficient (Wildman–Crippen LogP) is 4.86. The van der Waals surface area contributed by atoms with E-state index in [1.54, 1.807) is 13.8 Å². The van der Waals surface area contributed by atoms with Crippen LogP contribution in [0.25, 0.3) is 0 Å². The molecule has 1 saturated heterocycles. The fourth-order valence-electron chi connectivity index (χ4n) is 12.4. The molecule has 5 saturated carbocycles. The van der Waals surface area contributed by atoms with Crippen LogP contribution < -0.4 is 0 Å². The summed E-state index contributed by atoms with van der Waals surface area (Å²) < 4.78 is 12.4. The summed E-state index contributed by atoms with van der Waals surface area (Å²) in [6, 6.07) is 0. The minimum atomic E-state index is -1.24. The van der Waals surface area contributed by atoms with E-state index in [1.165, 1.54) is 19.8 Å². The second-order valence-corrected chi connectivity index (χ2v) is 16.3. The predicted molar refractivity (Wildman–Crippen MR) is 144 cm³/mol. The molecule has 6 heteroatoms. The van der Waals surface area contributed by atoms with Gasteiger partial charge in [-0.05, 0) is 111 Å². The van der Waals surface area contributed by atoms with Crippen molar-refractivity contribution in [2.24, 2.45) is 50.7 Å². The second kappa shape index (κ2) is 7.98. The number of hydrogen-bond acceptors (Lipinski definition) is 6. The van der Waals surface area contributed by atoms with Crippen molar-refractivity contribution in [3.8, 4) is 0 Å². The van der Waals surface area contributed by atoms with Crippen LogP contribution in [0.1, 0.15) is 107 Å². The average molecular weight is 533 g/mol. The molecule has 9 unspecified atom stereocenters. The van der Waals surface area contributed by atoms with Crippen LogP contribution in [0.5, 0.6) is 0 Å². The first-order valence-corrected chi connectivity index (χ1v) is 15.4. The van der Waals surface area contributed by atoms with E-state index in [0.717, 1.165) is 32.1 Å². The number of carbonyl (C=O) groups is 1. The van der Waals surface area contributed by atoms with Gasteiger partial charge in [-0.25, -0.2) is 0 Å². The molecule has 2 spiro atoms. The Balaban J connectivity index is 1.35. The molecule has 216 valence electrons. The van der Waals surface area contributed by atoms with Gasteiger partial charge in [0.2, 0.25) is 0 Å². The first kappa shape index (κ1) is 27.5. The first-order valence-electron chi connectivity index (χ1n) is 15.4. The minimum absolute atomic E-state index is 0.0383. The van der Waals surface area contributed by atoms with Gasteiger partial charge in [-0.1, -0.05) is 34.6 Å². The Kier molecular flexibility index (Phi) is 5.77. The first-order chi connectivity index (χ1) is 17.5. The zero-order chi connectivity index (χ0) is 27.8. The summed E-state index contributed by atoms with van der Waals surface area (Å²) in [7, 11) is 0. The molecule has 38 heavy (non-hydrogen) atoms. The molecule has 1 heterocycles. The third-order valence-electron chi connectivity index (χ3n) is 14.1. The number of hydrogen-bond donors (Lipinski definition) is 3. The maximum atomic E-state index is 12.3. The zero-order valence-corrected chi connectivity index (χ0v) is 24.9. The molecule has 3 N–H and O–H groups in total. The van der Waals surface area contributed by atoms with E-state index in [2.05, 4.69) is 34.6 Å². The molecule has 6 aliphatic rings. The molecule has 0 bridgehead atoms. The SMILES string of the molecule is CC(=O)OC(C1C[C@@H](C)C2C(O1)[C@H](O)[C@@]1(C)C3CC[C@H]4C(C)(C)C(O)CCC45CC35CCC21C)C(C)(C)O. The van der Waals surface area contributed by atoms with Crippen LogP contribution in [0.2, 0.25) is 0 Å². The summed E-state index contributed by atoms with van der Waals surface area (Å²) in [5.74, 6) is 1.09. The molecular formula is C32H52O6. The number of rotatable bonds is 3. The van der Waals surface area contributed by atoms with Crippen LogP contribution in [-0.2, 0) is 14.3 Å². The van der Waals surface area contributed by atoms with Gasteiger partial charge in [-0.15, -0.1) is 0 Å². The van der Waals surface area contributed by atoms with E-state index in [-0.39, 0.29) is 45.7 Å². The fourth-order valence-corrected chi connectivity index (χ4v) is 12.4. The molecule has 5 aliphatic carbocycles. The van der Waals surface area contributed by atoms with E-state index < -0.39 is 29.9 Å². The molecule has 0 radical (unpaired) electrons. The van der Waals surface area contributed by atoms with Crippen molar-refractivity contribution in [3.05, 3.63) is 0 Å². The highest BCUT2D eigenvalue weighted by atomic mass is 16.6. The van der Waals surface area contributed by atoms with Crippen molar-refractivity contribution in [1.29, 1.82) is 0 Å². The third kappa shape index (κ3) is 3.13. The van der Waals surface area contributed by atoms with Crippen LogP contribution in [-0.4, -0.2) is 57.4 Å². The van der Waals surface area contributed by atoms with Crippen LogP contribution in [0.4, 0.5) is 0 Å². The van der Waals surface area contributed by atoms with Gasteiger partial charge < -0.3 is 24.8 Å². The van der Waals surface area contributed by atoms with Crippen molar-refractivity contribution in [2.75, 3.05) is 0 Å². The molecule has 0 aromatic carbocycles. The van der Waals surface area contributed by atoms with Crippen molar-refractivity contribution < 1.29 is 29.6 Å². The second-order valence-electron chi connectivity index (χ2n) is 16.3. The number of esters is 1. The molecule has 6 nitrogen and oxygen atoms in total. The lowest BCUT2D eigenvalue weighted by atomic mass is 9.41. The van der Waals surface area contributed by atoms with Crippen LogP contribution in [0, 0.1) is 50.7 Å². The molecule has 6 rings (SSSR count). The van der Waals surface area contributed by atoms with Crippen molar-refractivity contribution >= 4 is 5.97 Å². The van der Waals surface area contributed by atoms with Crippen LogP contribution in [0.15, 0.2) is 0 Å². The number of carbonyl (C=O) groups excluding carboxylic acids is 1. The largest absolute Gasteiger partial charge is 0.457 e. The number of aliphatic hydroxyl groups is 3. The summed E-state index contributed by atoms with van der Waals surface area (Å²) in [6.45, 7) is 16.4. The topological polar surface area (TPSA) is 96.2 Å². The zero-order valence-electron chi connectivity index (χ0n) is 24.9. The van der Waals surface area contributed by atoms with E-state index in [1.807, 2.05) is 0 Å². The van der Waals surface area contributed by atoms with Gasteiger partial charge in [0.05, 0.1) is 30.0 Å². The van der Waals surface area contributed by atoms with E-state index in [0.29, 0.717) is 23.7 Å². The molecule has 0 aromatic rings. The van der Waals surface area contributed by atoms with Gasteiger partial charge in [-0.2, -0.15) is 0 Å². The van der Waals surface area contributed by atoms with Gasteiger partial charge in [0, 0.05) is 12.3 Å². The smallest absolute Gasteiger partial charge is 0.303 e. The Morgan fingerprint density at radius 2 is 1.63 bits per heavy atom. The Morgan fingerprint density at radius 1 is 1.00 bits per heavy atom. The van der Waals surface area contributed by atoms with Gasteiger partial charge in [0.25, 0.3) is 0 Å². The molecule has 6 fully saturated rings. The average Bonchev–Trinajstić information content (AvgIpc) is 3.44. The minimum Gasteiger partial charge on any atom is -0.457 e. The van der Waals surface area contributed by atoms with Gasteiger partial charge in [-0.3, -0.25) is 4.79 Å². The van der Waals surface area contributed by atoms with Crippen molar-refractivity contribution in [1.82, 2.24) is 0 Å². The summed E-state index contributed by atoms with van der Waals surface area (Å²) in [4.78, 5) is 11.9. The van der Waals surface area contributed by atoms with Crippen LogP contribution >= 0.6 is 0 Å². The maximum Gasteiger partial charge on any atom is 0.303 e. The summed E-state index contributed by atoms with van der Waals surface area (Å²) >= 11 is 0. The fraction of sp³-hybridized carbons (Fsp3) is 0.969. The maximum absolute atomic E-state index is 12.3. The summed E-state index contributed by atoms with van der Waals surface area (Å²) in [5, 5.41) is 34.2. The van der Waals surface area contributed by atoms with Crippen LogP contribution in [0.3, 0.4) is 0 Å². The van der Waals surface area contributed by atoms with Crippen molar-refractivity contribution in [3.63, 3.8) is 0 Å². The highest BCUT2D eigenvalue weighted by Gasteiger charge is 2.84. The van der Waals surface area contributed by atoms with E-state index >= 15 is 0 Å². The number of aliphatic hydroxyl groups excluding tert-OH is 2. The van der Waals surface area contributed by atoms with Crippen molar-refractivity contribution in [2.45, 2.75) is 143 Å². The summed E-state index contributed by atoms with van der Waals surface area (Å²) in [6.07, 6.45) is 6.19. The molecule has 1 aliphatic heterocycles. The lowest BCUT2D eigenvalue weighted by Gasteiger charge is -2.63. The Morgan fingerprint density at radius 3 is 2.26 bits per heavy atom. The quantitative estimate of drug-likeness (QED) is 0.449. The molecule has 13 atom stereocenters. The van der Waals surface area contributed by atoms with Gasteiger partial charge >= 0.3 is 5.97 Å². The number of fused-ring (bicyclic) bond motifs is 4. The van der Waals surface area contributed by atoms with E-state index in [4.69, 9.17) is 9.47 Å². The standard InChI is InChI=1S/C32H52O6/c1-17-15-19(26(28(5,6)36)37-18(2)33)38-24-23(17)29(7)13-14-32-16-31(32)12-11-22(34)27(3,4)20(31)9-10-21(32)30(29,8)25(24)35/h17,19-26,34-36H,9-16H2,1-8H3/t17-,19?,20+,21?,22?,23?,24?,25+,26?,29?,30-,31?,32?/m1/s1. The summed E-state index contributed by atoms with van der Waals surface area (Å²) in [5.41, 5.74) is -1.01. The highest BCUT2D eigenvalue weighted by molar-refractivity contribution is 5.66. The highest BCUT2D eigenvalue weighted by Crippen LogP contribution is 2.89. The van der Waals surface area contributed by atoms with Gasteiger partial charge in [0.1, 0.15) is 0 Å². The Hall–Kier alpha value is -0.690. The lowest BCUT2D eigenvalue weighted by molar-refractivity contribution is -0.216. The molecule has 0 amide bonds.